The fourth-order valence-corrected chi connectivity index (χ4v) is 3.48. The quantitative estimate of drug-likeness (QED) is 0.435. The summed E-state index contributed by atoms with van der Waals surface area (Å²) in [4.78, 5) is 4.58. The Kier molecular flexibility index (Phi) is 9.84. The Labute approximate surface area is 175 Å². The molecule has 2 rings (SSSR count). The van der Waals surface area contributed by atoms with Crippen LogP contribution in [-0.2, 0) is 6.54 Å². The highest BCUT2D eigenvalue weighted by atomic mass is 16.5. The van der Waals surface area contributed by atoms with Crippen molar-refractivity contribution in [2.24, 2.45) is 0 Å². The highest BCUT2D eigenvalue weighted by molar-refractivity contribution is 5.27. The number of aliphatic hydroxyl groups excluding tert-OH is 1. The molecule has 0 radical (unpaired) electrons. The summed E-state index contributed by atoms with van der Waals surface area (Å²) in [7, 11) is 2.12. The van der Waals surface area contributed by atoms with Gasteiger partial charge in [-0.1, -0.05) is 24.3 Å². The third kappa shape index (κ3) is 8.68. The van der Waals surface area contributed by atoms with Crippen LogP contribution >= 0.6 is 0 Å². The minimum Gasteiger partial charge on any atom is -0.491 e. The van der Waals surface area contributed by atoms with Crippen LogP contribution in [0.4, 0.5) is 0 Å². The van der Waals surface area contributed by atoms with Gasteiger partial charge in [0.05, 0.1) is 5.60 Å². The van der Waals surface area contributed by atoms with Crippen molar-refractivity contribution >= 4 is 0 Å². The first-order valence-corrected chi connectivity index (χ1v) is 10.4. The van der Waals surface area contributed by atoms with E-state index in [0.717, 1.165) is 37.5 Å². The smallest absolute Gasteiger partial charge is 0.119 e. The van der Waals surface area contributed by atoms with E-state index in [0.29, 0.717) is 39.1 Å². The van der Waals surface area contributed by atoms with Gasteiger partial charge in [0.1, 0.15) is 18.5 Å². The van der Waals surface area contributed by atoms with Gasteiger partial charge in [0.15, 0.2) is 0 Å². The van der Waals surface area contributed by atoms with Gasteiger partial charge in [-0.15, -0.1) is 13.2 Å². The second-order valence-electron chi connectivity index (χ2n) is 8.03. The Morgan fingerprint density at radius 2 is 1.76 bits per heavy atom. The van der Waals surface area contributed by atoms with E-state index in [9.17, 15) is 10.2 Å². The zero-order chi connectivity index (χ0) is 21.1. The van der Waals surface area contributed by atoms with Crippen LogP contribution in [0.5, 0.6) is 5.75 Å². The fourth-order valence-electron chi connectivity index (χ4n) is 3.48. The van der Waals surface area contributed by atoms with Gasteiger partial charge in [0.25, 0.3) is 0 Å². The summed E-state index contributed by atoms with van der Waals surface area (Å²) in [5, 5.41) is 24.1. The third-order valence-corrected chi connectivity index (χ3v) is 5.26. The van der Waals surface area contributed by atoms with Crippen molar-refractivity contribution in [3.8, 4) is 5.75 Å². The summed E-state index contributed by atoms with van der Waals surface area (Å²) in [6.45, 7) is 13.6. The lowest BCUT2D eigenvalue weighted by Gasteiger charge is -2.33. The van der Waals surface area contributed by atoms with Gasteiger partial charge in [0.2, 0.25) is 0 Å². The van der Waals surface area contributed by atoms with Gasteiger partial charge < -0.3 is 25.2 Å². The van der Waals surface area contributed by atoms with E-state index < -0.39 is 11.7 Å². The number of β-amino-alcohol motifs (C(OH)–C–C–N with tert-alkyl or cyclic N) is 1. The Hall–Kier alpha value is -1.70. The van der Waals surface area contributed by atoms with Gasteiger partial charge in [-0.2, -0.15) is 0 Å². The standard InChI is InChI=1S/C23H37N3O3/c1-4-10-23(28,11-5-2)19-24-16-20-6-8-22(9-7-20)29-18-21(27)17-26-14-12-25(3)13-15-26/h4-9,21,24,27-28H,1-2,10-19H2,3H3/t21-/m0/s1. The summed E-state index contributed by atoms with van der Waals surface area (Å²) in [5.41, 5.74) is 0.266. The first-order chi connectivity index (χ1) is 13.9. The molecule has 1 aliphatic rings. The number of aliphatic hydroxyl groups is 2. The summed E-state index contributed by atoms with van der Waals surface area (Å²) >= 11 is 0. The number of ether oxygens (including phenoxy) is 1. The number of benzene rings is 1. The van der Waals surface area contributed by atoms with Crippen LogP contribution in [0.15, 0.2) is 49.6 Å². The molecule has 1 atom stereocenters. The van der Waals surface area contributed by atoms with Crippen LogP contribution < -0.4 is 10.1 Å². The zero-order valence-corrected chi connectivity index (χ0v) is 17.7. The van der Waals surface area contributed by atoms with Gasteiger partial charge in [-0.05, 0) is 37.6 Å². The topological polar surface area (TPSA) is 68.2 Å². The number of likely N-dealkylation sites (N-methyl/N-ethyl adjacent to an activating group) is 1. The van der Waals surface area contributed by atoms with Crippen LogP contribution in [0.3, 0.4) is 0 Å². The molecular weight excluding hydrogens is 366 g/mol. The molecule has 1 saturated heterocycles. The Balaban J connectivity index is 1.69. The molecule has 0 aliphatic carbocycles. The number of hydrogen-bond donors (Lipinski definition) is 3. The van der Waals surface area contributed by atoms with Crippen molar-refractivity contribution < 1.29 is 14.9 Å². The predicted molar refractivity (Wildman–Crippen MR) is 118 cm³/mol. The van der Waals surface area contributed by atoms with E-state index in [1.165, 1.54) is 0 Å². The summed E-state index contributed by atoms with van der Waals surface area (Å²) in [6, 6.07) is 7.82. The van der Waals surface area contributed by atoms with Crippen LogP contribution in [0, 0.1) is 0 Å². The second kappa shape index (κ2) is 12.1. The van der Waals surface area contributed by atoms with Crippen molar-refractivity contribution in [1.82, 2.24) is 15.1 Å². The molecule has 1 aromatic carbocycles. The average molecular weight is 404 g/mol. The molecule has 0 spiro atoms. The molecule has 0 saturated carbocycles. The van der Waals surface area contributed by atoms with Gasteiger partial charge >= 0.3 is 0 Å². The lowest BCUT2D eigenvalue weighted by atomic mass is 9.95. The SMILES string of the molecule is C=CCC(O)(CC=C)CNCc1ccc(OC[C@@H](O)CN2CCN(C)CC2)cc1. The number of nitrogens with zero attached hydrogens (tertiary/aromatic N) is 2. The van der Waals surface area contributed by atoms with Crippen molar-refractivity contribution in [3.05, 3.63) is 55.1 Å². The normalized spacial score (nSPS) is 17.1. The molecule has 1 aliphatic heterocycles. The molecule has 1 aromatic rings. The van der Waals surface area contributed by atoms with Gasteiger partial charge in [0, 0.05) is 45.8 Å². The molecule has 1 heterocycles. The van der Waals surface area contributed by atoms with E-state index in [4.69, 9.17) is 4.74 Å². The average Bonchev–Trinajstić information content (AvgIpc) is 2.69. The van der Waals surface area contributed by atoms with E-state index in [1.54, 1.807) is 12.2 Å². The van der Waals surface area contributed by atoms with E-state index >= 15 is 0 Å². The van der Waals surface area contributed by atoms with Crippen LogP contribution in [-0.4, -0.2) is 84.6 Å². The molecule has 0 unspecified atom stereocenters. The van der Waals surface area contributed by atoms with Gasteiger partial charge in [-0.25, -0.2) is 0 Å². The Morgan fingerprint density at radius 3 is 2.34 bits per heavy atom. The fraction of sp³-hybridized carbons (Fsp3) is 0.565. The molecule has 6 heteroatoms. The monoisotopic (exact) mass is 403 g/mol. The maximum atomic E-state index is 10.5. The molecule has 1 fully saturated rings. The molecule has 0 amide bonds. The maximum absolute atomic E-state index is 10.5. The lowest BCUT2D eigenvalue weighted by molar-refractivity contribution is 0.0461. The minimum atomic E-state index is -0.841. The number of rotatable bonds is 13. The zero-order valence-electron chi connectivity index (χ0n) is 17.7. The molecule has 162 valence electrons. The Morgan fingerprint density at radius 1 is 1.14 bits per heavy atom. The second-order valence-corrected chi connectivity index (χ2v) is 8.03. The predicted octanol–water partition coefficient (Wildman–Crippen LogP) is 1.65. The van der Waals surface area contributed by atoms with E-state index in [2.05, 4.69) is 35.3 Å². The largest absolute Gasteiger partial charge is 0.491 e. The molecule has 0 aromatic heterocycles. The van der Waals surface area contributed by atoms with Crippen molar-refractivity contribution in [2.45, 2.75) is 31.1 Å². The summed E-state index contributed by atoms with van der Waals surface area (Å²) < 4.78 is 5.74. The molecule has 3 N–H and O–H groups in total. The van der Waals surface area contributed by atoms with Gasteiger partial charge in [-0.3, -0.25) is 4.90 Å². The number of piperazine rings is 1. The molecule has 6 nitrogen and oxygen atoms in total. The van der Waals surface area contributed by atoms with E-state index in [1.807, 2.05) is 24.3 Å². The summed E-state index contributed by atoms with van der Waals surface area (Å²) in [6.07, 6.45) is 4.02. The van der Waals surface area contributed by atoms with Crippen molar-refractivity contribution in [1.29, 1.82) is 0 Å². The minimum absolute atomic E-state index is 0.292. The number of hydrogen-bond acceptors (Lipinski definition) is 6. The first kappa shape index (κ1) is 23.6. The maximum Gasteiger partial charge on any atom is 0.119 e. The van der Waals surface area contributed by atoms with Crippen molar-refractivity contribution in [2.75, 3.05) is 52.9 Å². The highest BCUT2D eigenvalue weighted by Crippen LogP contribution is 2.16. The third-order valence-electron chi connectivity index (χ3n) is 5.26. The Bertz CT molecular complexity index is 602. The van der Waals surface area contributed by atoms with E-state index in [-0.39, 0.29) is 0 Å². The van der Waals surface area contributed by atoms with Crippen LogP contribution in [0.1, 0.15) is 18.4 Å². The van der Waals surface area contributed by atoms with Crippen LogP contribution in [0.2, 0.25) is 0 Å². The first-order valence-electron chi connectivity index (χ1n) is 10.4. The molecular formula is C23H37N3O3. The van der Waals surface area contributed by atoms with Crippen LogP contribution in [0.25, 0.3) is 0 Å². The number of nitrogens with one attached hydrogen (secondary N) is 1. The molecule has 29 heavy (non-hydrogen) atoms. The highest BCUT2D eigenvalue weighted by Gasteiger charge is 2.23. The molecule has 0 bridgehead atoms. The summed E-state index contributed by atoms with van der Waals surface area (Å²) in [5.74, 6) is 0.751. The lowest BCUT2D eigenvalue weighted by Crippen LogP contribution is -2.47. The van der Waals surface area contributed by atoms with Crippen molar-refractivity contribution in [3.63, 3.8) is 0 Å².